The smallest absolute Gasteiger partial charge is 0.142 e. The van der Waals surface area contributed by atoms with Crippen molar-refractivity contribution < 1.29 is 49.5 Å². The van der Waals surface area contributed by atoms with Gasteiger partial charge < -0.3 is 49.5 Å². The molecule has 0 spiro atoms. The fourth-order valence-corrected chi connectivity index (χ4v) is 2.13. The molecule has 0 aromatic rings. The molecule has 0 aliphatic carbocycles. The highest BCUT2D eigenvalue weighted by Gasteiger charge is 2.39. The zero-order valence-electron chi connectivity index (χ0n) is 15.9. The van der Waals surface area contributed by atoms with Crippen molar-refractivity contribution in [1.82, 2.24) is 26.2 Å². The summed E-state index contributed by atoms with van der Waals surface area (Å²) in [5.74, 6) is 0. The highest BCUT2D eigenvalue weighted by atomic mass is 16.3. The van der Waals surface area contributed by atoms with E-state index in [1.165, 1.54) is 0 Å². The number of carbonyl (C=O) groups is 5. The van der Waals surface area contributed by atoms with Gasteiger partial charge >= 0.3 is 0 Å². The number of aliphatic hydroxyl groups is 5. The molecule has 15 heteroatoms. The predicted octanol–water partition coefficient (Wildman–Crippen LogP) is -6.47. The van der Waals surface area contributed by atoms with E-state index >= 15 is 0 Å². The first-order chi connectivity index (χ1) is 14.5. The first-order valence-electron chi connectivity index (χ1n) is 8.67. The van der Waals surface area contributed by atoms with E-state index in [-0.39, 0.29) is 31.4 Å². The van der Waals surface area contributed by atoms with Crippen LogP contribution in [0.5, 0.6) is 0 Å². The summed E-state index contributed by atoms with van der Waals surface area (Å²) in [6, 6.07) is -7.39. The minimum atomic E-state index is -1.59. The number of rotatable bonds is 19. The quantitative estimate of drug-likeness (QED) is 0.0737. The Kier molecular flexibility index (Phi) is 14.7. The molecule has 0 amide bonds. The first kappa shape index (κ1) is 27.9. The minimum absolute atomic E-state index is 0.172. The molecule has 0 heterocycles. The van der Waals surface area contributed by atoms with Crippen molar-refractivity contribution in [3.05, 3.63) is 0 Å². The van der Waals surface area contributed by atoms with Gasteiger partial charge in [0.25, 0.3) is 0 Å². The van der Waals surface area contributed by atoms with Gasteiger partial charge in [-0.3, -0.25) is 0 Å². The van der Waals surface area contributed by atoms with Crippen molar-refractivity contribution in [3.63, 3.8) is 0 Å². The van der Waals surface area contributed by atoms with E-state index in [4.69, 9.17) is 0 Å². The van der Waals surface area contributed by atoms with Gasteiger partial charge in [0.05, 0.1) is 33.0 Å². The number of hydrogen-bond acceptors (Lipinski definition) is 15. The highest BCUT2D eigenvalue weighted by Crippen LogP contribution is 2.13. The number of hydrogen-bond donors (Lipinski definition) is 7. The van der Waals surface area contributed by atoms with Crippen LogP contribution in [0, 0.1) is 0 Å². The summed E-state index contributed by atoms with van der Waals surface area (Å²) >= 11 is 0. The number of carbonyl (C=O) groups excluding carboxylic acids is 5. The molecule has 0 unspecified atom stereocenters. The van der Waals surface area contributed by atoms with Crippen molar-refractivity contribution in [2.45, 2.75) is 30.2 Å². The summed E-state index contributed by atoms with van der Waals surface area (Å²) in [5.41, 5.74) is 4.69. The standard InChI is InChI=1S/C15H27N5O10/c21-1-11(2-22)16-18(13(5-25)6-26)20(15(9-29)10-30)19(14(7-27)8-28)17-12(3-23)4-24/h1,3,5,7,9,11-17,22,24,26,28,30H,2,4,6,8,10H2/t11-,12-,13-,14-,15-/m1/s1. The van der Waals surface area contributed by atoms with Crippen LogP contribution in [0.3, 0.4) is 0 Å². The Morgan fingerprint density at radius 2 is 0.867 bits per heavy atom. The van der Waals surface area contributed by atoms with Crippen LogP contribution in [0.25, 0.3) is 0 Å². The van der Waals surface area contributed by atoms with Crippen LogP contribution in [0.15, 0.2) is 0 Å². The van der Waals surface area contributed by atoms with Crippen LogP contribution in [-0.4, -0.2) is 136 Å². The lowest BCUT2D eigenvalue weighted by atomic mass is 10.3. The van der Waals surface area contributed by atoms with Crippen molar-refractivity contribution in [3.8, 4) is 0 Å². The number of nitrogens with one attached hydrogen (secondary N) is 2. The van der Waals surface area contributed by atoms with E-state index in [1.807, 2.05) is 0 Å². The molecule has 0 aromatic carbocycles. The predicted molar refractivity (Wildman–Crippen MR) is 96.5 cm³/mol. The zero-order valence-corrected chi connectivity index (χ0v) is 15.9. The molecule has 30 heavy (non-hydrogen) atoms. The largest absolute Gasteiger partial charge is 0.394 e. The van der Waals surface area contributed by atoms with Gasteiger partial charge in [-0.25, -0.2) is 10.9 Å². The number of hydrazine groups is 4. The maximum atomic E-state index is 11.6. The van der Waals surface area contributed by atoms with Gasteiger partial charge in [-0.15, -0.1) is 15.4 Å². The van der Waals surface area contributed by atoms with Gasteiger partial charge in [0.2, 0.25) is 0 Å². The number of aliphatic hydroxyl groups excluding tert-OH is 5. The third-order valence-corrected chi connectivity index (χ3v) is 3.72. The second kappa shape index (κ2) is 15.7. The molecule has 7 N–H and O–H groups in total. The van der Waals surface area contributed by atoms with Crippen LogP contribution < -0.4 is 10.9 Å². The molecule has 0 rings (SSSR count). The van der Waals surface area contributed by atoms with Crippen LogP contribution in [0.2, 0.25) is 0 Å². The fourth-order valence-electron chi connectivity index (χ4n) is 2.13. The molecule has 0 fully saturated rings. The molecule has 172 valence electrons. The third kappa shape index (κ3) is 7.65. The molecule has 15 nitrogen and oxygen atoms in total. The second-order valence-corrected chi connectivity index (χ2v) is 5.78. The van der Waals surface area contributed by atoms with Gasteiger partial charge in [-0.2, -0.15) is 0 Å². The molecular formula is C15H27N5O10. The van der Waals surface area contributed by atoms with Gasteiger partial charge in [-0.05, 0) is 0 Å². The second-order valence-electron chi connectivity index (χ2n) is 5.78. The maximum Gasteiger partial charge on any atom is 0.142 e. The Hall–Kier alpha value is -2.05. The average Bonchev–Trinajstić information content (AvgIpc) is 2.78. The van der Waals surface area contributed by atoms with Gasteiger partial charge in [0, 0.05) is 0 Å². The van der Waals surface area contributed by atoms with E-state index in [2.05, 4.69) is 10.9 Å². The Bertz CT molecular complexity index is 504. The van der Waals surface area contributed by atoms with Crippen LogP contribution in [-0.2, 0) is 24.0 Å². The molecular weight excluding hydrogens is 410 g/mol. The Morgan fingerprint density at radius 3 is 1.07 bits per heavy atom. The molecule has 0 radical (unpaired) electrons. The van der Waals surface area contributed by atoms with E-state index in [9.17, 15) is 49.5 Å². The van der Waals surface area contributed by atoms with Gasteiger partial charge in [0.1, 0.15) is 61.6 Å². The SMILES string of the molecule is O=C[C@H](CO)NN([C@H](C=O)CO)N([C@H](C=O)CO)N(N[C@H](C=O)CO)[C@H](C=O)CO. The summed E-state index contributed by atoms with van der Waals surface area (Å²) < 4.78 is 0. The van der Waals surface area contributed by atoms with E-state index in [1.54, 1.807) is 0 Å². The van der Waals surface area contributed by atoms with E-state index in [0.29, 0.717) is 15.4 Å². The van der Waals surface area contributed by atoms with Crippen molar-refractivity contribution >= 4 is 31.4 Å². The maximum absolute atomic E-state index is 11.6. The minimum Gasteiger partial charge on any atom is -0.394 e. The summed E-state index contributed by atoms with van der Waals surface area (Å²) in [5, 5.41) is 49.3. The molecule has 5 atom stereocenters. The summed E-state index contributed by atoms with van der Waals surface area (Å²) in [6.07, 6.45) is 1.03. The third-order valence-electron chi connectivity index (χ3n) is 3.72. The molecule has 0 aromatic heterocycles. The lowest BCUT2D eigenvalue weighted by Gasteiger charge is -2.48. The molecule has 0 saturated carbocycles. The lowest BCUT2D eigenvalue weighted by molar-refractivity contribution is -0.285. The Balaban J connectivity index is 6.58. The zero-order chi connectivity index (χ0) is 23.1. The number of nitrogens with zero attached hydrogens (tertiary/aromatic N) is 3. The lowest BCUT2D eigenvalue weighted by Crippen LogP contribution is -2.74. The summed E-state index contributed by atoms with van der Waals surface area (Å²) in [4.78, 5) is 56.8. The van der Waals surface area contributed by atoms with Crippen molar-refractivity contribution in [1.29, 1.82) is 0 Å². The average molecular weight is 437 g/mol. The van der Waals surface area contributed by atoms with Crippen LogP contribution in [0.4, 0.5) is 0 Å². The van der Waals surface area contributed by atoms with Crippen molar-refractivity contribution in [2.75, 3.05) is 33.0 Å². The summed E-state index contributed by atoms with van der Waals surface area (Å²) in [7, 11) is 0. The normalized spacial score (nSPS) is 16.7. The Morgan fingerprint density at radius 1 is 0.533 bits per heavy atom. The summed E-state index contributed by atoms with van der Waals surface area (Å²) in [6.45, 7) is -4.28. The first-order valence-corrected chi connectivity index (χ1v) is 8.67. The molecule has 0 bridgehead atoms. The topological polar surface area (TPSA) is 220 Å². The Labute approximate surface area is 171 Å². The van der Waals surface area contributed by atoms with E-state index in [0.717, 1.165) is 0 Å². The van der Waals surface area contributed by atoms with Gasteiger partial charge in [-0.1, -0.05) is 0 Å². The fraction of sp³-hybridized carbons (Fsp3) is 0.667. The van der Waals surface area contributed by atoms with Gasteiger partial charge in [0.15, 0.2) is 0 Å². The number of aldehydes is 5. The molecule has 0 aliphatic rings. The van der Waals surface area contributed by atoms with Crippen LogP contribution in [0.1, 0.15) is 0 Å². The van der Waals surface area contributed by atoms with Crippen LogP contribution >= 0.6 is 0 Å². The molecule has 0 aliphatic heterocycles. The van der Waals surface area contributed by atoms with E-state index < -0.39 is 63.2 Å². The molecule has 0 saturated heterocycles. The highest BCUT2D eigenvalue weighted by molar-refractivity contribution is 5.61. The van der Waals surface area contributed by atoms with Crippen molar-refractivity contribution in [2.24, 2.45) is 0 Å². The monoisotopic (exact) mass is 437 g/mol.